The molecule has 1 N–H and O–H groups in total. The molecule has 4 rings (SSSR count). The molecule has 0 fully saturated rings. The largest absolute Gasteiger partial charge is 0.351 e. The zero-order valence-electron chi connectivity index (χ0n) is 20.0. The Hall–Kier alpha value is -3.94. The number of hydrogen-bond donors (Lipinski definition) is 1. The first-order chi connectivity index (χ1) is 16.3. The van der Waals surface area contributed by atoms with Crippen LogP contribution in [0, 0.1) is 13.8 Å². The van der Waals surface area contributed by atoms with Crippen molar-refractivity contribution in [2.45, 2.75) is 32.7 Å². The molecule has 1 atom stereocenters. The topological polar surface area (TPSA) is 84.5 Å². The molecule has 3 aromatic heterocycles. The first kappa shape index (κ1) is 23.2. The van der Waals surface area contributed by atoms with Gasteiger partial charge in [0.25, 0.3) is 11.8 Å². The molecule has 176 valence electrons. The van der Waals surface area contributed by atoms with Gasteiger partial charge in [-0.25, -0.2) is 9.50 Å². The van der Waals surface area contributed by atoms with Gasteiger partial charge in [0.05, 0.1) is 6.20 Å². The smallest absolute Gasteiger partial charge is 0.267 e. The van der Waals surface area contributed by atoms with Crippen molar-refractivity contribution in [1.82, 2.24) is 29.4 Å². The maximum absolute atomic E-state index is 13.5. The van der Waals surface area contributed by atoms with Crippen LogP contribution in [0.4, 0.5) is 0 Å². The molecule has 0 aliphatic carbocycles. The van der Waals surface area contributed by atoms with Gasteiger partial charge in [-0.15, -0.1) is 0 Å². The van der Waals surface area contributed by atoms with Gasteiger partial charge in [-0.05, 0) is 50.5 Å². The second-order valence-electron chi connectivity index (χ2n) is 8.64. The van der Waals surface area contributed by atoms with E-state index in [2.05, 4.69) is 27.5 Å². The van der Waals surface area contributed by atoms with Crippen LogP contribution < -0.4 is 5.32 Å². The summed E-state index contributed by atoms with van der Waals surface area (Å²) < 4.78 is 3.48. The third-order valence-corrected chi connectivity index (χ3v) is 6.13. The minimum absolute atomic E-state index is 0.121. The Labute approximate surface area is 199 Å². The maximum atomic E-state index is 13.5. The molecule has 2 amide bonds. The first-order valence-corrected chi connectivity index (χ1v) is 11.4. The molecular weight excluding hydrogens is 428 g/mol. The predicted octanol–water partition coefficient (Wildman–Crippen LogP) is 3.19. The number of aromatic nitrogens is 4. The van der Waals surface area contributed by atoms with E-state index in [0.29, 0.717) is 36.3 Å². The van der Waals surface area contributed by atoms with E-state index in [9.17, 15) is 9.59 Å². The quantitative estimate of drug-likeness (QED) is 0.440. The van der Waals surface area contributed by atoms with Crippen molar-refractivity contribution in [3.8, 4) is 0 Å². The first-order valence-electron chi connectivity index (χ1n) is 11.4. The zero-order chi connectivity index (χ0) is 24.2. The van der Waals surface area contributed by atoms with Crippen LogP contribution in [0.15, 0.2) is 60.9 Å². The number of carbonyl (C=O) groups is 2. The van der Waals surface area contributed by atoms with Crippen molar-refractivity contribution in [3.05, 3.63) is 89.1 Å². The number of nitrogens with zero attached hydrogens (tertiary/aromatic N) is 5. The minimum atomic E-state index is -0.137. The molecule has 8 heteroatoms. The Morgan fingerprint density at radius 1 is 1.12 bits per heavy atom. The number of likely N-dealkylation sites (N-methyl/N-ethyl adjacent to an activating group) is 1. The van der Waals surface area contributed by atoms with Crippen LogP contribution in [0.25, 0.3) is 5.65 Å². The molecule has 0 unspecified atom stereocenters. The van der Waals surface area contributed by atoms with E-state index >= 15 is 0 Å². The molecule has 0 radical (unpaired) electrons. The maximum Gasteiger partial charge on any atom is 0.267 e. The Kier molecular flexibility index (Phi) is 6.77. The molecule has 34 heavy (non-hydrogen) atoms. The SMILES string of the molecule is Cc1cc(C)n2ncc(C(=O)N(C)[C@H](CCNC(=O)c3cccn3C)Cc3ccccc3)c2n1. The lowest BCUT2D eigenvalue weighted by Gasteiger charge is -2.28. The normalized spacial score (nSPS) is 12.0. The van der Waals surface area contributed by atoms with Crippen molar-refractivity contribution < 1.29 is 9.59 Å². The summed E-state index contributed by atoms with van der Waals surface area (Å²) in [5.41, 5.74) is 4.53. The number of fused-ring (bicyclic) bond motifs is 1. The van der Waals surface area contributed by atoms with Crippen molar-refractivity contribution in [3.63, 3.8) is 0 Å². The monoisotopic (exact) mass is 458 g/mol. The Bertz CT molecular complexity index is 1310. The van der Waals surface area contributed by atoms with Crippen LogP contribution >= 0.6 is 0 Å². The molecule has 0 aliphatic rings. The Morgan fingerprint density at radius 3 is 2.59 bits per heavy atom. The second-order valence-corrected chi connectivity index (χ2v) is 8.64. The number of rotatable bonds is 8. The van der Waals surface area contributed by atoms with Crippen LogP contribution in [-0.4, -0.2) is 55.5 Å². The van der Waals surface area contributed by atoms with Crippen molar-refractivity contribution in [2.75, 3.05) is 13.6 Å². The van der Waals surface area contributed by atoms with E-state index in [1.54, 1.807) is 33.3 Å². The van der Waals surface area contributed by atoms with E-state index in [1.807, 2.05) is 57.4 Å². The summed E-state index contributed by atoms with van der Waals surface area (Å²) in [5, 5.41) is 7.36. The number of carbonyl (C=O) groups excluding carboxylic acids is 2. The average Bonchev–Trinajstić information content (AvgIpc) is 3.44. The van der Waals surface area contributed by atoms with Crippen LogP contribution in [-0.2, 0) is 13.5 Å². The summed E-state index contributed by atoms with van der Waals surface area (Å²) in [5.74, 6) is -0.264. The molecule has 8 nitrogen and oxygen atoms in total. The van der Waals surface area contributed by atoms with E-state index in [1.165, 1.54) is 0 Å². The molecule has 0 aliphatic heterocycles. The van der Waals surface area contributed by atoms with Crippen molar-refractivity contribution in [2.24, 2.45) is 7.05 Å². The molecule has 3 heterocycles. The third-order valence-electron chi connectivity index (χ3n) is 6.13. The van der Waals surface area contributed by atoms with Gasteiger partial charge in [0, 0.05) is 44.3 Å². The van der Waals surface area contributed by atoms with E-state index in [4.69, 9.17) is 0 Å². The lowest BCUT2D eigenvalue weighted by Crippen LogP contribution is -2.41. The van der Waals surface area contributed by atoms with Crippen LogP contribution in [0.2, 0.25) is 0 Å². The fourth-order valence-electron chi connectivity index (χ4n) is 4.24. The third kappa shape index (κ3) is 4.85. The number of benzene rings is 1. The summed E-state index contributed by atoms with van der Waals surface area (Å²) in [7, 11) is 3.65. The summed E-state index contributed by atoms with van der Waals surface area (Å²) in [4.78, 5) is 32.4. The highest BCUT2D eigenvalue weighted by Crippen LogP contribution is 2.18. The Balaban J connectivity index is 1.53. The molecule has 1 aromatic carbocycles. The fourth-order valence-corrected chi connectivity index (χ4v) is 4.24. The van der Waals surface area contributed by atoms with Gasteiger partial charge in [0.15, 0.2) is 5.65 Å². The summed E-state index contributed by atoms with van der Waals surface area (Å²) in [6, 6.07) is 15.5. The highest BCUT2D eigenvalue weighted by molar-refractivity contribution is 5.99. The van der Waals surface area contributed by atoms with E-state index in [0.717, 1.165) is 17.0 Å². The number of hydrogen-bond acceptors (Lipinski definition) is 4. The van der Waals surface area contributed by atoms with E-state index < -0.39 is 0 Å². The minimum Gasteiger partial charge on any atom is -0.351 e. The van der Waals surface area contributed by atoms with E-state index in [-0.39, 0.29) is 17.9 Å². The predicted molar refractivity (Wildman–Crippen MR) is 131 cm³/mol. The molecule has 0 saturated heterocycles. The number of aryl methyl sites for hydroxylation is 3. The van der Waals surface area contributed by atoms with Crippen LogP contribution in [0.3, 0.4) is 0 Å². The van der Waals surface area contributed by atoms with Gasteiger partial charge < -0.3 is 14.8 Å². The highest BCUT2D eigenvalue weighted by atomic mass is 16.2. The summed E-state index contributed by atoms with van der Waals surface area (Å²) >= 11 is 0. The molecule has 0 saturated carbocycles. The van der Waals surface area contributed by atoms with Crippen LogP contribution in [0.5, 0.6) is 0 Å². The zero-order valence-corrected chi connectivity index (χ0v) is 20.0. The lowest BCUT2D eigenvalue weighted by molar-refractivity contribution is 0.0724. The fraction of sp³-hybridized carbons (Fsp3) is 0.308. The molecular formula is C26H30N6O2. The summed E-state index contributed by atoms with van der Waals surface area (Å²) in [6.07, 6.45) is 4.71. The van der Waals surface area contributed by atoms with Gasteiger partial charge >= 0.3 is 0 Å². The standard InChI is InChI=1S/C26H30N6O2/c1-18-15-19(2)32-24(29-18)22(17-28-32)26(34)31(4)21(16-20-9-6-5-7-10-20)12-13-27-25(33)23-11-8-14-30(23)3/h5-11,14-15,17,21H,12-13,16H2,1-4H3,(H,27,33)/t21-/m1/s1. The van der Waals surface area contributed by atoms with Gasteiger partial charge in [-0.2, -0.15) is 5.10 Å². The lowest BCUT2D eigenvalue weighted by atomic mass is 10.0. The number of nitrogens with one attached hydrogen (secondary N) is 1. The van der Waals surface area contributed by atoms with Gasteiger partial charge in [-0.1, -0.05) is 30.3 Å². The molecule has 4 aromatic rings. The van der Waals surface area contributed by atoms with Gasteiger partial charge in [-0.3, -0.25) is 9.59 Å². The van der Waals surface area contributed by atoms with Crippen LogP contribution in [0.1, 0.15) is 44.2 Å². The molecule has 0 spiro atoms. The van der Waals surface area contributed by atoms with Gasteiger partial charge in [0.2, 0.25) is 0 Å². The molecule has 0 bridgehead atoms. The Morgan fingerprint density at radius 2 is 1.88 bits per heavy atom. The van der Waals surface area contributed by atoms with Gasteiger partial charge in [0.1, 0.15) is 11.3 Å². The van der Waals surface area contributed by atoms with Crippen molar-refractivity contribution in [1.29, 1.82) is 0 Å². The second kappa shape index (κ2) is 9.91. The average molecular weight is 459 g/mol. The summed E-state index contributed by atoms with van der Waals surface area (Å²) in [6.45, 7) is 4.30. The van der Waals surface area contributed by atoms with Crippen molar-refractivity contribution >= 4 is 17.5 Å². The number of amides is 2. The highest BCUT2D eigenvalue weighted by Gasteiger charge is 2.25.